The summed E-state index contributed by atoms with van der Waals surface area (Å²) in [4.78, 5) is 11.3. The summed E-state index contributed by atoms with van der Waals surface area (Å²) in [5, 5.41) is 3.11. The van der Waals surface area contributed by atoms with Crippen LogP contribution in [0.1, 0.15) is 24.3 Å². The number of hydrogen-bond acceptors (Lipinski definition) is 5. The van der Waals surface area contributed by atoms with Crippen molar-refractivity contribution in [2.75, 3.05) is 21.3 Å². The predicted octanol–water partition coefficient (Wildman–Crippen LogP) is 1.63. The van der Waals surface area contributed by atoms with Crippen LogP contribution in [0.15, 0.2) is 24.3 Å². The summed E-state index contributed by atoms with van der Waals surface area (Å²) in [7, 11) is 4.56. The van der Waals surface area contributed by atoms with Gasteiger partial charge in [-0.05, 0) is 12.5 Å². The van der Waals surface area contributed by atoms with Gasteiger partial charge in [0.2, 0.25) is 0 Å². The zero-order valence-electron chi connectivity index (χ0n) is 11.8. The minimum atomic E-state index is -0.411. The van der Waals surface area contributed by atoms with Crippen LogP contribution in [-0.2, 0) is 25.5 Å². The first-order valence-corrected chi connectivity index (χ1v) is 6.08. The summed E-state index contributed by atoms with van der Waals surface area (Å²) in [5.74, 6) is -0.285. The van der Waals surface area contributed by atoms with Gasteiger partial charge in [-0.25, -0.2) is 0 Å². The van der Waals surface area contributed by atoms with E-state index in [1.54, 1.807) is 21.1 Å². The molecule has 1 N–H and O–H groups in total. The molecule has 19 heavy (non-hydrogen) atoms. The van der Waals surface area contributed by atoms with Crippen LogP contribution in [0.5, 0.6) is 0 Å². The fourth-order valence-electron chi connectivity index (χ4n) is 1.80. The Labute approximate surface area is 113 Å². The molecule has 106 valence electrons. The molecule has 1 aromatic carbocycles. The molecular weight excluding hydrogens is 246 g/mol. The third-order valence-corrected chi connectivity index (χ3v) is 2.89. The molecule has 0 aliphatic carbocycles. The molecular formula is C14H21NO4. The van der Waals surface area contributed by atoms with E-state index in [2.05, 4.69) is 10.1 Å². The van der Waals surface area contributed by atoms with Crippen molar-refractivity contribution < 1.29 is 19.0 Å². The van der Waals surface area contributed by atoms with E-state index in [0.717, 1.165) is 11.1 Å². The number of benzene rings is 1. The number of nitrogens with one attached hydrogen (secondary N) is 1. The molecule has 1 atom stereocenters. The molecule has 0 aliphatic heterocycles. The van der Waals surface area contributed by atoms with Gasteiger partial charge in [0, 0.05) is 26.3 Å². The quantitative estimate of drug-likeness (QED) is 0.601. The number of hydrogen-bond donors (Lipinski definition) is 1. The van der Waals surface area contributed by atoms with E-state index in [9.17, 15) is 4.79 Å². The first kappa shape index (κ1) is 15.6. The molecule has 1 rings (SSSR count). The molecule has 0 amide bonds. The van der Waals surface area contributed by atoms with Gasteiger partial charge in [0.25, 0.3) is 0 Å². The Hall–Kier alpha value is -1.43. The molecule has 0 heterocycles. The Morgan fingerprint density at radius 3 is 2.42 bits per heavy atom. The molecule has 0 radical (unpaired) electrons. The van der Waals surface area contributed by atoms with Crippen LogP contribution in [0, 0.1) is 0 Å². The first-order chi connectivity index (χ1) is 9.13. The summed E-state index contributed by atoms with van der Waals surface area (Å²) in [6.07, 6.45) is -0.411. The van der Waals surface area contributed by atoms with Crippen molar-refractivity contribution in [3.8, 4) is 0 Å². The topological polar surface area (TPSA) is 56.8 Å². The third kappa shape index (κ3) is 4.31. The van der Waals surface area contributed by atoms with Crippen LogP contribution in [0.4, 0.5) is 0 Å². The molecule has 0 aromatic heterocycles. The zero-order chi connectivity index (χ0) is 14.3. The van der Waals surface area contributed by atoms with E-state index in [0.29, 0.717) is 6.54 Å². The van der Waals surface area contributed by atoms with E-state index in [4.69, 9.17) is 9.47 Å². The van der Waals surface area contributed by atoms with Crippen molar-refractivity contribution in [1.82, 2.24) is 5.32 Å². The number of carbonyl (C=O) groups is 1. The van der Waals surface area contributed by atoms with E-state index in [1.165, 1.54) is 7.11 Å². The Balaban J connectivity index is 2.75. The van der Waals surface area contributed by atoms with Crippen LogP contribution in [0.2, 0.25) is 0 Å². The second kappa shape index (κ2) is 7.89. The van der Waals surface area contributed by atoms with Gasteiger partial charge >= 0.3 is 5.97 Å². The highest BCUT2D eigenvalue weighted by molar-refractivity contribution is 5.75. The van der Waals surface area contributed by atoms with E-state index in [1.807, 2.05) is 24.3 Å². The fourth-order valence-corrected chi connectivity index (χ4v) is 1.80. The van der Waals surface area contributed by atoms with Crippen molar-refractivity contribution >= 4 is 5.97 Å². The Morgan fingerprint density at radius 1 is 1.21 bits per heavy atom. The molecule has 0 aliphatic rings. The normalized spacial score (nSPS) is 12.5. The number of esters is 1. The number of methoxy groups -OCH3 is 3. The largest absolute Gasteiger partial charge is 0.468 e. The highest BCUT2D eigenvalue weighted by atomic mass is 16.7. The van der Waals surface area contributed by atoms with Gasteiger partial charge in [0.15, 0.2) is 6.29 Å². The van der Waals surface area contributed by atoms with E-state index < -0.39 is 6.29 Å². The van der Waals surface area contributed by atoms with Gasteiger partial charge in [0.1, 0.15) is 6.04 Å². The van der Waals surface area contributed by atoms with Crippen molar-refractivity contribution in [3.63, 3.8) is 0 Å². The average Bonchev–Trinajstić information content (AvgIpc) is 2.46. The van der Waals surface area contributed by atoms with Gasteiger partial charge in [-0.1, -0.05) is 24.3 Å². The van der Waals surface area contributed by atoms with Crippen LogP contribution in [0.3, 0.4) is 0 Å². The first-order valence-electron chi connectivity index (χ1n) is 6.08. The second-order valence-corrected chi connectivity index (χ2v) is 4.13. The monoisotopic (exact) mass is 267 g/mol. The van der Waals surface area contributed by atoms with Crippen LogP contribution < -0.4 is 5.32 Å². The smallest absolute Gasteiger partial charge is 0.322 e. The number of carbonyl (C=O) groups excluding carboxylic acids is 1. The average molecular weight is 267 g/mol. The van der Waals surface area contributed by atoms with Crippen LogP contribution in [0.25, 0.3) is 0 Å². The number of rotatable bonds is 7. The summed E-state index contributed by atoms with van der Waals surface area (Å²) < 4.78 is 15.2. The zero-order valence-corrected chi connectivity index (χ0v) is 11.8. The molecule has 0 saturated carbocycles. The lowest BCUT2D eigenvalue weighted by Gasteiger charge is -2.19. The molecule has 0 spiro atoms. The summed E-state index contributed by atoms with van der Waals surface area (Å²) in [5.41, 5.74) is 1.96. The lowest BCUT2D eigenvalue weighted by Crippen LogP contribution is -2.34. The van der Waals surface area contributed by atoms with E-state index in [-0.39, 0.29) is 12.0 Å². The molecule has 0 bridgehead atoms. The maximum absolute atomic E-state index is 11.3. The van der Waals surface area contributed by atoms with Crippen molar-refractivity contribution in [1.29, 1.82) is 0 Å². The lowest BCUT2D eigenvalue weighted by atomic mass is 10.1. The van der Waals surface area contributed by atoms with Crippen molar-refractivity contribution in [2.24, 2.45) is 0 Å². The van der Waals surface area contributed by atoms with E-state index >= 15 is 0 Å². The molecule has 0 saturated heterocycles. The highest BCUT2D eigenvalue weighted by Gasteiger charge is 2.16. The van der Waals surface area contributed by atoms with Gasteiger partial charge in [-0.15, -0.1) is 0 Å². The van der Waals surface area contributed by atoms with Crippen molar-refractivity contribution in [2.45, 2.75) is 25.8 Å². The van der Waals surface area contributed by atoms with Crippen LogP contribution >= 0.6 is 0 Å². The Kier molecular flexibility index (Phi) is 6.49. The van der Waals surface area contributed by atoms with Gasteiger partial charge in [-0.3, -0.25) is 4.79 Å². The van der Waals surface area contributed by atoms with Gasteiger partial charge in [-0.2, -0.15) is 0 Å². The minimum absolute atomic E-state index is 0.285. The molecule has 0 fully saturated rings. The minimum Gasteiger partial charge on any atom is -0.468 e. The molecule has 5 nitrogen and oxygen atoms in total. The van der Waals surface area contributed by atoms with Gasteiger partial charge in [0.05, 0.1) is 7.11 Å². The van der Waals surface area contributed by atoms with Gasteiger partial charge < -0.3 is 19.5 Å². The maximum atomic E-state index is 11.3. The highest BCUT2D eigenvalue weighted by Crippen LogP contribution is 2.21. The van der Waals surface area contributed by atoms with Crippen LogP contribution in [-0.4, -0.2) is 33.3 Å². The summed E-state index contributed by atoms with van der Waals surface area (Å²) in [6.45, 7) is 2.30. The second-order valence-electron chi connectivity index (χ2n) is 4.13. The van der Waals surface area contributed by atoms with Crippen molar-refractivity contribution in [3.05, 3.63) is 35.4 Å². The summed E-state index contributed by atoms with van der Waals surface area (Å²) >= 11 is 0. The molecule has 0 unspecified atom stereocenters. The molecule has 5 heteroatoms. The Morgan fingerprint density at radius 2 is 1.84 bits per heavy atom. The molecule has 1 aromatic rings. The lowest BCUT2D eigenvalue weighted by molar-refractivity contribution is -0.142. The Bertz CT molecular complexity index is 404. The maximum Gasteiger partial charge on any atom is 0.322 e. The fraction of sp³-hybridized carbons (Fsp3) is 0.500. The number of ether oxygens (including phenoxy) is 3. The predicted molar refractivity (Wildman–Crippen MR) is 71.5 cm³/mol. The SMILES string of the molecule is COC(=O)[C@@H](C)NCc1ccccc1C(OC)OC. The third-order valence-electron chi connectivity index (χ3n) is 2.89. The summed E-state index contributed by atoms with van der Waals surface area (Å²) in [6, 6.07) is 7.41. The standard InChI is InChI=1S/C14H21NO4/c1-10(13(16)17-2)15-9-11-7-5-6-8-12(11)14(18-3)19-4/h5-8,10,14-15H,9H2,1-4H3/t10-/m1/s1.